The van der Waals surface area contributed by atoms with Crippen molar-refractivity contribution in [3.05, 3.63) is 69.3 Å². The van der Waals surface area contributed by atoms with E-state index in [1.165, 1.54) is 23.1 Å². The van der Waals surface area contributed by atoms with Gasteiger partial charge in [0.1, 0.15) is 41.0 Å². The van der Waals surface area contributed by atoms with Crippen LogP contribution in [0.2, 0.25) is 0 Å². The van der Waals surface area contributed by atoms with Gasteiger partial charge in [-0.3, -0.25) is 9.80 Å². The number of aromatic hydroxyl groups is 1. The smallest absolute Gasteiger partial charge is 0.508 e. The number of ether oxygens (including phenoxy) is 2. The van der Waals surface area contributed by atoms with E-state index in [0.29, 0.717) is 36.6 Å². The fourth-order valence-corrected chi connectivity index (χ4v) is 11.5. The molecule has 1 N–H and O–H groups in total. The van der Waals surface area contributed by atoms with E-state index in [1.54, 1.807) is 6.92 Å². The highest BCUT2D eigenvalue weighted by Crippen LogP contribution is 2.56. The number of piperazine rings is 1. The molecule has 68 heavy (non-hydrogen) atoms. The second-order valence-corrected chi connectivity index (χ2v) is 18.1. The van der Waals surface area contributed by atoms with E-state index in [9.17, 15) is 49.4 Å². The minimum Gasteiger partial charge on any atom is -0.508 e. The molecule has 0 spiro atoms. The Balaban J connectivity index is 1.04. The first kappa shape index (κ1) is 46.0. The monoisotopic (exact) mass is 968 g/mol. The molecule has 12 nitrogen and oxygen atoms in total. The number of benzene rings is 2. The van der Waals surface area contributed by atoms with Crippen molar-refractivity contribution < 1.29 is 71.7 Å². The quantitative estimate of drug-likeness (QED) is 0.112. The summed E-state index contributed by atoms with van der Waals surface area (Å²) in [6, 6.07) is 2.79. The lowest BCUT2D eigenvalue weighted by Gasteiger charge is -2.47. The maximum absolute atomic E-state index is 17.6. The van der Waals surface area contributed by atoms with Gasteiger partial charge in [0.05, 0.1) is 35.3 Å². The molecule has 0 amide bonds. The third-order valence-electron chi connectivity index (χ3n) is 14.5. The molecule has 4 saturated heterocycles. The molecule has 3 aromatic heterocycles. The number of hydrogen-bond donors (Lipinski definition) is 1. The summed E-state index contributed by atoms with van der Waals surface area (Å²) in [6.45, 7) is 0.425. The number of phenols is 1. The van der Waals surface area contributed by atoms with Crippen LogP contribution < -0.4 is 15.5 Å². The van der Waals surface area contributed by atoms with Crippen LogP contribution in [0.4, 0.5) is 54.1 Å². The van der Waals surface area contributed by atoms with Crippen LogP contribution >= 0.6 is 0 Å². The van der Waals surface area contributed by atoms with Gasteiger partial charge in [0, 0.05) is 41.7 Å². The molecular weight excluding hydrogens is 930 g/mol. The van der Waals surface area contributed by atoms with Gasteiger partial charge in [-0.05, 0) is 88.4 Å². The van der Waals surface area contributed by atoms with Crippen molar-refractivity contribution in [1.29, 1.82) is 0 Å². The van der Waals surface area contributed by atoms with E-state index < -0.39 is 59.8 Å². The van der Waals surface area contributed by atoms with Crippen molar-refractivity contribution >= 4 is 27.5 Å². The van der Waals surface area contributed by atoms with E-state index in [-0.39, 0.29) is 120 Å². The number of terminal acetylenes is 1. The van der Waals surface area contributed by atoms with E-state index in [2.05, 4.69) is 20.5 Å². The largest absolute Gasteiger partial charge is 0.519 e. The fraction of sp³-hybridized carbons (Fsp3) is 0.511. The molecule has 5 aromatic rings. The van der Waals surface area contributed by atoms with Gasteiger partial charge >= 0.3 is 36.0 Å². The average Bonchev–Trinajstić information content (AvgIpc) is 3.96. The Morgan fingerprint density at radius 2 is 1.68 bits per heavy atom. The topological polar surface area (TPSA) is 130 Å². The number of nitrogens with zero attached hydrogens (tertiary/aromatic N) is 6. The third kappa shape index (κ3) is 7.05. The molecule has 4 fully saturated rings. The zero-order valence-corrected chi connectivity index (χ0v) is 35.7. The molecule has 362 valence electrons. The summed E-state index contributed by atoms with van der Waals surface area (Å²) in [6.07, 6.45) is -12.2. The first-order valence-electron chi connectivity index (χ1n) is 21.7. The van der Waals surface area contributed by atoms with Crippen molar-refractivity contribution in [3.63, 3.8) is 0 Å². The summed E-state index contributed by atoms with van der Waals surface area (Å²) in [5, 5.41) is 11.4. The van der Waals surface area contributed by atoms with Crippen molar-refractivity contribution in [2.75, 3.05) is 31.2 Å². The maximum Gasteiger partial charge on any atom is 0.519 e. The van der Waals surface area contributed by atoms with E-state index in [0.717, 1.165) is 18.9 Å². The molecule has 0 unspecified atom stereocenters. The molecule has 23 heteroatoms. The van der Waals surface area contributed by atoms with Crippen molar-refractivity contribution in [3.8, 4) is 35.4 Å². The Hall–Kier alpha value is -5.73. The molecule has 0 radical (unpaired) electrons. The minimum absolute atomic E-state index is 0.0415. The number of alkyl halides is 9. The number of rotatable bonds is 9. The summed E-state index contributed by atoms with van der Waals surface area (Å²) in [7, 11) is 0. The number of aromatic nitrogens is 3. The molecule has 5 atom stereocenters. The lowest BCUT2D eigenvalue weighted by atomic mass is 9.95. The van der Waals surface area contributed by atoms with Crippen LogP contribution in [-0.2, 0) is 17.7 Å². The Morgan fingerprint density at radius 3 is 2.37 bits per heavy atom. The second kappa shape index (κ2) is 15.9. The van der Waals surface area contributed by atoms with Gasteiger partial charge in [-0.25, -0.2) is 18.6 Å². The summed E-state index contributed by atoms with van der Waals surface area (Å²) in [5.74, 6) is 0.332. The number of phenolic OH excluding ortho intramolecular Hbond substituents is 1. The van der Waals surface area contributed by atoms with Crippen LogP contribution in [0.1, 0.15) is 67.7 Å². The van der Waals surface area contributed by atoms with Crippen LogP contribution in [-0.4, -0.2) is 110 Å². The number of fused-ring (bicyclic) bond motifs is 7. The summed E-state index contributed by atoms with van der Waals surface area (Å²) >= 11 is 0. The van der Waals surface area contributed by atoms with Crippen LogP contribution in [0.25, 0.3) is 32.9 Å². The summed E-state index contributed by atoms with van der Waals surface area (Å²) in [5.41, 5.74) is -8.04. The van der Waals surface area contributed by atoms with Gasteiger partial charge in [-0.2, -0.15) is 49.5 Å². The van der Waals surface area contributed by atoms with Crippen LogP contribution in [0.3, 0.4) is 0 Å². The van der Waals surface area contributed by atoms with Gasteiger partial charge in [0.15, 0.2) is 11.6 Å². The summed E-state index contributed by atoms with van der Waals surface area (Å²) in [4.78, 5) is 31.9. The van der Waals surface area contributed by atoms with E-state index in [4.69, 9.17) is 30.0 Å². The SMILES string of the molecule is C#Cc1c(F)ccc2cc(O)cc(-c3nc4c5c(nc(OC[C@@]67CCCN6[C@H](COC(C(F)(F)F)(C(F)(F)F)C(F)(F)F)CC7)nc5c3F)N3C[C@H]5CC[C@@H]([C@H]3CC4)N5Cc3oc(=O)oc3C)c12. The van der Waals surface area contributed by atoms with Crippen LogP contribution in [0.5, 0.6) is 11.8 Å². The van der Waals surface area contributed by atoms with Crippen LogP contribution in [0, 0.1) is 30.9 Å². The Kier molecular flexibility index (Phi) is 10.8. The highest BCUT2D eigenvalue weighted by molar-refractivity contribution is 6.03. The van der Waals surface area contributed by atoms with Gasteiger partial charge in [-0.15, -0.1) is 6.42 Å². The first-order valence-corrected chi connectivity index (χ1v) is 21.7. The Bertz CT molecular complexity index is 2910. The van der Waals surface area contributed by atoms with E-state index >= 15 is 8.78 Å². The normalized spacial score (nSPS) is 24.4. The van der Waals surface area contributed by atoms with Crippen molar-refractivity contribution in [1.82, 2.24) is 24.8 Å². The lowest BCUT2D eigenvalue weighted by Crippen LogP contribution is -2.68. The second-order valence-electron chi connectivity index (χ2n) is 18.1. The van der Waals surface area contributed by atoms with Crippen molar-refractivity contribution in [2.24, 2.45) is 0 Å². The average molecular weight is 969 g/mol. The zero-order valence-electron chi connectivity index (χ0n) is 35.7. The predicted molar refractivity (Wildman–Crippen MR) is 218 cm³/mol. The molecule has 5 aliphatic rings. The van der Waals surface area contributed by atoms with Gasteiger partial charge in [0.2, 0.25) is 0 Å². The molecule has 10 rings (SSSR count). The maximum atomic E-state index is 17.6. The molecule has 2 aromatic carbocycles. The lowest BCUT2D eigenvalue weighted by molar-refractivity contribution is -0.458. The molecule has 5 aliphatic heterocycles. The number of aryl methyl sites for hydroxylation is 2. The van der Waals surface area contributed by atoms with Crippen LogP contribution in [0.15, 0.2) is 37.9 Å². The first-order chi connectivity index (χ1) is 32.1. The fourth-order valence-electron chi connectivity index (χ4n) is 11.5. The van der Waals surface area contributed by atoms with Crippen molar-refractivity contribution in [2.45, 2.75) is 119 Å². The Labute approximate surface area is 378 Å². The highest BCUT2D eigenvalue weighted by atomic mass is 19.4. The zero-order chi connectivity index (χ0) is 48.5. The number of pyridine rings is 1. The molecule has 2 bridgehead atoms. The van der Waals surface area contributed by atoms with Gasteiger partial charge < -0.3 is 28.3 Å². The third-order valence-corrected chi connectivity index (χ3v) is 14.5. The number of anilines is 1. The standard InChI is InChI=1S/C45H39F11N6O6/c1-3-26-28(46)7-5-22-15-25(63)16-27(33(22)26)36-35(47)37-34-29(57-36)8-10-31-30-9-6-23(60(30)18-32-21(2)67-40(64)68-32)17-61(31)38(34)59-39(58-37)65-20-41-12-4-14-62(41)24(11-13-41)19-66-42(43(48,49)50,44(51,52)53)45(54,55)56/h1,5,7,15-16,23-24,30-31,63H,4,6,8-14,17-20H2,2H3/t23-,24+,30+,31-,41+/m1/s1. The Morgan fingerprint density at radius 1 is 0.926 bits per heavy atom. The van der Waals surface area contributed by atoms with Gasteiger partial charge in [-0.1, -0.05) is 12.0 Å². The van der Waals surface area contributed by atoms with E-state index in [1.807, 2.05) is 4.90 Å². The number of hydrogen-bond acceptors (Lipinski definition) is 12. The minimum atomic E-state index is -6.89. The predicted octanol–water partition coefficient (Wildman–Crippen LogP) is 8.65. The highest BCUT2D eigenvalue weighted by Gasteiger charge is 2.85. The summed E-state index contributed by atoms with van der Waals surface area (Å²) < 4.78 is 178. The van der Waals surface area contributed by atoms with Gasteiger partial charge in [0.25, 0.3) is 0 Å². The number of halogens is 11. The molecular formula is C45H39F11N6O6. The molecule has 0 saturated carbocycles. The molecule has 8 heterocycles. The molecule has 0 aliphatic carbocycles.